The quantitative estimate of drug-likeness (QED) is 0.179. The number of ether oxygens (including phenoxy) is 2. The number of imidazole rings is 1. The summed E-state index contributed by atoms with van der Waals surface area (Å²) in [5.74, 6) is -0.520. The Morgan fingerprint density at radius 2 is 2.08 bits per heavy atom. The van der Waals surface area contributed by atoms with Crippen LogP contribution in [-0.4, -0.2) is 81.4 Å². The van der Waals surface area contributed by atoms with Gasteiger partial charge in [-0.3, -0.25) is 13.9 Å². The van der Waals surface area contributed by atoms with E-state index in [0.717, 1.165) is 10.9 Å². The molecule has 2 aromatic heterocycles. The Labute approximate surface area is 227 Å². The van der Waals surface area contributed by atoms with E-state index in [2.05, 4.69) is 25.4 Å². The molecule has 1 saturated heterocycles. The smallest absolute Gasteiger partial charge is 0.459 e. The van der Waals surface area contributed by atoms with E-state index in [9.17, 15) is 18.9 Å². The molecule has 3 aromatic rings. The van der Waals surface area contributed by atoms with E-state index in [4.69, 9.17) is 24.3 Å². The summed E-state index contributed by atoms with van der Waals surface area (Å²) in [4.78, 5) is 24.4. The van der Waals surface area contributed by atoms with Gasteiger partial charge in [-0.05, 0) is 26.0 Å². The SMILES string of the molecule is CCOC(=O)[C@@H](C)N[P@](=O)(OCC1O[C@@H](n2cnc3c(NC)nc(N)nc32)[C@@](F)(CF)[C@@H]1O)Oc1ccccc1. The zero-order valence-electron chi connectivity index (χ0n) is 21.9. The molecule has 5 N–H and O–H groups in total. The van der Waals surface area contributed by atoms with Crippen LogP contribution in [0.2, 0.25) is 0 Å². The Bertz CT molecular complexity index is 1380. The summed E-state index contributed by atoms with van der Waals surface area (Å²) in [5, 5.41) is 16.0. The second kappa shape index (κ2) is 12.0. The summed E-state index contributed by atoms with van der Waals surface area (Å²) in [6.45, 7) is 0.697. The highest BCUT2D eigenvalue weighted by molar-refractivity contribution is 7.52. The van der Waals surface area contributed by atoms with Crippen molar-refractivity contribution in [1.29, 1.82) is 0 Å². The van der Waals surface area contributed by atoms with Gasteiger partial charge in [0.2, 0.25) is 11.6 Å². The first kappa shape index (κ1) is 29.6. The summed E-state index contributed by atoms with van der Waals surface area (Å²) in [6, 6.07) is 6.80. The van der Waals surface area contributed by atoms with Gasteiger partial charge in [0.15, 0.2) is 23.2 Å². The molecule has 0 bridgehead atoms. The van der Waals surface area contributed by atoms with Crippen molar-refractivity contribution in [2.75, 3.05) is 38.0 Å². The lowest BCUT2D eigenvalue weighted by Gasteiger charge is -2.26. The number of rotatable bonds is 12. The molecule has 40 heavy (non-hydrogen) atoms. The molecule has 3 heterocycles. The van der Waals surface area contributed by atoms with Gasteiger partial charge in [0.1, 0.15) is 30.7 Å². The van der Waals surface area contributed by atoms with E-state index in [-0.39, 0.29) is 35.3 Å². The predicted octanol–water partition coefficient (Wildman–Crippen LogP) is 2.13. The number of aromatic nitrogens is 4. The number of nitrogens with one attached hydrogen (secondary N) is 2. The minimum absolute atomic E-state index is 0.0223. The highest BCUT2D eigenvalue weighted by Gasteiger charge is 2.59. The Hall–Kier alpha value is -3.43. The number of fused-ring (bicyclic) bond motifs is 1. The third-order valence-corrected chi connectivity index (χ3v) is 7.70. The van der Waals surface area contributed by atoms with Crippen LogP contribution in [0.4, 0.5) is 20.5 Å². The van der Waals surface area contributed by atoms with Crippen LogP contribution in [0.15, 0.2) is 36.7 Å². The third kappa shape index (κ3) is 5.86. The zero-order chi connectivity index (χ0) is 29.1. The van der Waals surface area contributed by atoms with E-state index >= 15 is 4.39 Å². The van der Waals surface area contributed by atoms with E-state index in [1.165, 1.54) is 19.1 Å². The number of anilines is 2. The molecule has 1 aliphatic heterocycles. The maximum Gasteiger partial charge on any atom is 0.459 e. The van der Waals surface area contributed by atoms with Gasteiger partial charge in [-0.2, -0.15) is 15.1 Å². The number of aliphatic hydroxyl groups excluding tert-OH is 1. The van der Waals surface area contributed by atoms with Gasteiger partial charge in [-0.25, -0.2) is 18.3 Å². The van der Waals surface area contributed by atoms with Gasteiger partial charge in [-0.1, -0.05) is 18.2 Å². The molecule has 6 atom stereocenters. The number of alkyl halides is 2. The fourth-order valence-electron chi connectivity index (χ4n) is 4.10. The zero-order valence-corrected chi connectivity index (χ0v) is 22.8. The molecule has 17 heteroatoms. The maximum absolute atomic E-state index is 16.0. The van der Waals surface area contributed by atoms with Gasteiger partial charge in [0.25, 0.3) is 0 Å². The minimum Gasteiger partial charge on any atom is -0.465 e. The lowest BCUT2D eigenvalue weighted by molar-refractivity contribution is -0.144. The monoisotopic (exact) mass is 585 g/mol. The number of nitrogen functional groups attached to an aromatic ring is 1. The summed E-state index contributed by atoms with van der Waals surface area (Å²) in [6.07, 6.45) is -4.21. The highest BCUT2D eigenvalue weighted by atomic mass is 31.2. The van der Waals surface area contributed by atoms with Crippen molar-refractivity contribution >= 4 is 36.6 Å². The molecule has 0 aliphatic carbocycles. The molecule has 4 rings (SSSR count). The molecule has 14 nitrogen and oxygen atoms in total. The van der Waals surface area contributed by atoms with E-state index < -0.39 is 57.1 Å². The Morgan fingerprint density at radius 1 is 1.35 bits per heavy atom. The molecule has 1 aromatic carbocycles. The molecule has 0 spiro atoms. The minimum atomic E-state index is -4.36. The second-order valence-corrected chi connectivity index (χ2v) is 10.5. The van der Waals surface area contributed by atoms with Crippen LogP contribution in [0.5, 0.6) is 5.75 Å². The number of aliphatic hydroxyl groups is 1. The summed E-state index contributed by atoms with van der Waals surface area (Å²) >= 11 is 0. The standard InChI is InChI=1S/C23H30F2N7O7P/c1-4-36-20(34)13(2)31-40(35,39-14-8-6-5-7-9-14)37-10-15-17(33)23(25,11-24)21(38-15)32-12-28-16-18(27-3)29-22(26)30-19(16)32/h5-9,12-13,15,17,21,33H,4,10-11H2,1-3H3,(H,31,35)(H3,26,27,29,30)/t13-,15?,17-,21-,23-,40+/m1/s1. The Kier molecular flexibility index (Phi) is 8.85. The van der Waals surface area contributed by atoms with Crippen molar-refractivity contribution in [3.8, 4) is 5.75 Å². The maximum atomic E-state index is 16.0. The fourth-order valence-corrected chi connectivity index (χ4v) is 5.60. The van der Waals surface area contributed by atoms with Gasteiger partial charge in [-0.15, -0.1) is 0 Å². The molecule has 218 valence electrons. The number of nitrogens with zero attached hydrogens (tertiary/aromatic N) is 4. The van der Waals surface area contributed by atoms with Crippen LogP contribution in [0.1, 0.15) is 20.1 Å². The molecule has 0 amide bonds. The Morgan fingerprint density at radius 3 is 2.73 bits per heavy atom. The normalized spacial score (nSPS) is 24.9. The van der Waals surface area contributed by atoms with Crippen LogP contribution >= 0.6 is 7.75 Å². The molecule has 1 aliphatic rings. The number of hydrogen-bond acceptors (Lipinski definition) is 12. The summed E-state index contributed by atoms with van der Waals surface area (Å²) in [5.41, 5.74) is 3.00. The molecule has 1 fully saturated rings. The Balaban J connectivity index is 1.59. The summed E-state index contributed by atoms with van der Waals surface area (Å²) in [7, 11) is -2.80. The van der Waals surface area contributed by atoms with E-state index in [1.807, 2.05) is 0 Å². The lowest BCUT2D eigenvalue weighted by atomic mass is 9.97. The number of carbonyl (C=O) groups excluding carboxylic acids is 1. The van der Waals surface area contributed by atoms with Crippen molar-refractivity contribution in [1.82, 2.24) is 24.6 Å². The van der Waals surface area contributed by atoms with Crippen molar-refractivity contribution in [3.05, 3.63) is 36.7 Å². The van der Waals surface area contributed by atoms with E-state index in [1.54, 1.807) is 32.2 Å². The first-order chi connectivity index (χ1) is 19.0. The number of nitrogens with two attached hydrogens (primary N) is 1. The van der Waals surface area contributed by atoms with Gasteiger partial charge >= 0.3 is 13.7 Å². The largest absolute Gasteiger partial charge is 0.465 e. The average Bonchev–Trinajstić information content (AvgIpc) is 3.46. The van der Waals surface area contributed by atoms with Crippen molar-refractivity contribution in [2.24, 2.45) is 0 Å². The summed E-state index contributed by atoms with van der Waals surface area (Å²) < 4.78 is 66.5. The van der Waals surface area contributed by atoms with Crippen molar-refractivity contribution < 1.29 is 41.8 Å². The van der Waals surface area contributed by atoms with Crippen LogP contribution in [0.25, 0.3) is 11.2 Å². The van der Waals surface area contributed by atoms with Crippen LogP contribution in [-0.2, 0) is 23.4 Å². The molecule has 0 radical (unpaired) electrons. The van der Waals surface area contributed by atoms with E-state index in [0.29, 0.717) is 0 Å². The molecular formula is C23H30F2N7O7P. The first-order valence-corrected chi connectivity index (χ1v) is 13.8. The highest BCUT2D eigenvalue weighted by Crippen LogP contribution is 2.48. The third-order valence-electron chi connectivity index (χ3n) is 6.06. The van der Waals surface area contributed by atoms with Crippen LogP contribution in [0.3, 0.4) is 0 Å². The average molecular weight is 586 g/mol. The number of benzene rings is 1. The van der Waals surface area contributed by atoms with Crippen molar-refractivity contribution in [3.63, 3.8) is 0 Å². The topological polar surface area (TPSA) is 185 Å². The molecular weight excluding hydrogens is 555 g/mol. The van der Waals surface area contributed by atoms with Gasteiger partial charge in [0.05, 0.1) is 19.5 Å². The van der Waals surface area contributed by atoms with Crippen LogP contribution in [0, 0.1) is 0 Å². The number of halogens is 2. The number of esters is 1. The lowest BCUT2D eigenvalue weighted by Crippen LogP contribution is -2.45. The number of carbonyl (C=O) groups is 1. The van der Waals surface area contributed by atoms with Crippen molar-refractivity contribution in [2.45, 2.75) is 44.0 Å². The predicted molar refractivity (Wildman–Crippen MR) is 139 cm³/mol. The first-order valence-electron chi connectivity index (χ1n) is 12.2. The van der Waals surface area contributed by atoms with Gasteiger partial charge in [0, 0.05) is 7.05 Å². The van der Waals surface area contributed by atoms with Crippen LogP contribution < -0.4 is 20.7 Å². The number of hydrogen-bond donors (Lipinski definition) is 4. The second-order valence-electron chi connectivity index (χ2n) is 8.84. The molecule has 1 unspecified atom stereocenters. The molecule has 0 saturated carbocycles. The fraction of sp³-hybridized carbons (Fsp3) is 0.478. The number of para-hydroxylation sites is 1. The van der Waals surface area contributed by atoms with Gasteiger partial charge < -0.3 is 30.2 Å².